The van der Waals surface area contributed by atoms with Crippen LogP contribution in [0.1, 0.15) is 31.7 Å². The van der Waals surface area contributed by atoms with Gasteiger partial charge in [0.15, 0.2) is 11.5 Å². The molecule has 0 spiro atoms. The minimum atomic E-state index is -0.351. The van der Waals surface area contributed by atoms with Crippen molar-refractivity contribution in [2.24, 2.45) is 0 Å². The van der Waals surface area contributed by atoms with Gasteiger partial charge < -0.3 is 14.6 Å². The fraction of sp³-hybridized carbons (Fsp3) is 0.391. The average Bonchev–Trinajstić information content (AvgIpc) is 3.58. The number of rotatable bonds is 3. The first-order chi connectivity index (χ1) is 16.2. The van der Waals surface area contributed by atoms with Gasteiger partial charge in [-0.05, 0) is 37.8 Å². The van der Waals surface area contributed by atoms with Gasteiger partial charge in [-0.15, -0.1) is 12.8 Å². The summed E-state index contributed by atoms with van der Waals surface area (Å²) in [7, 11) is 0. The van der Waals surface area contributed by atoms with Gasteiger partial charge in [-0.3, -0.25) is 9.13 Å². The highest BCUT2D eigenvalue weighted by atomic mass is 19.1. The highest BCUT2D eigenvalue weighted by molar-refractivity contribution is 5.85. The molecule has 2 aliphatic heterocycles. The van der Waals surface area contributed by atoms with Crippen molar-refractivity contribution in [3.63, 3.8) is 0 Å². The van der Waals surface area contributed by atoms with E-state index in [9.17, 15) is 9.18 Å². The van der Waals surface area contributed by atoms with E-state index in [0.717, 1.165) is 38.8 Å². The van der Waals surface area contributed by atoms with Crippen LogP contribution in [0.2, 0.25) is 0 Å². The van der Waals surface area contributed by atoms with E-state index in [1.807, 2.05) is 0 Å². The van der Waals surface area contributed by atoms with Crippen molar-refractivity contribution in [1.29, 1.82) is 0 Å². The first-order valence-electron chi connectivity index (χ1n) is 11.0. The van der Waals surface area contributed by atoms with Crippen LogP contribution >= 0.6 is 0 Å². The lowest BCUT2D eigenvalue weighted by atomic mass is 10.1. The number of imidazole rings is 2. The van der Waals surface area contributed by atoms with Gasteiger partial charge in [-0.1, -0.05) is 0 Å². The molecule has 9 nitrogen and oxygen atoms in total. The van der Waals surface area contributed by atoms with Crippen LogP contribution in [0, 0.1) is 18.7 Å². The topological polar surface area (TPSA) is 93.9 Å². The van der Waals surface area contributed by atoms with Crippen molar-refractivity contribution in [2.45, 2.75) is 31.7 Å². The molecule has 2 aliphatic rings. The van der Waals surface area contributed by atoms with Gasteiger partial charge in [0.2, 0.25) is 5.95 Å². The molecule has 0 amide bonds. The van der Waals surface area contributed by atoms with E-state index in [-0.39, 0.29) is 17.5 Å². The SMILES string of the molecule is C#C.O=c1[nH]c2c(N3CCCC3)nc(-n3cnc4ccc(F)cc43)nc2n1C1CCOCC1. The number of ether oxygens (including phenoxy) is 1. The lowest BCUT2D eigenvalue weighted by Crippen LogP contribution is -2.27. The maximum Gasteiger partial charge on any atom is 0.328 e. The zero-order chi connectivity index (χ0) is 22.9. The number of aromatic nitrogens is 6. The standard InChI is InChI=1S/C21H22FN7O2.C2H2/c22-13-3-4-15-16(11-13)28(12-23-15)20-25-18(27-7-1-2-8-27)17-19(26-20)29(21(30)24-17)14-5-9-31-10-6-14;1-2/h3-4,11-12,14H,1-2,5-10H2,(H,24,30);1-2H. The number of hydrogen-bond donors (Lipinski definition) is 1. The third kappa shape index (κ3) is 3.64. The van der Waals surface area contributed by atoms with Crippen molar-refractivity contribution in [3.8, 4) is 18.8 Å². The van der Waals surface area contributed by atoms with Crippen molar-refractivity contribution in [3.05, 3.63) is 40.8 Å². The maximum absolute atomic E-state index is 13.9. The zero-order valence-electron chi connectivity index (χ0n) is 18.1. The monoisotopic (exact) mass is 449 g/mol. The second kappa shape index (κ2) is 8.67. The van der Waals surface area contributed by atoms with Gasteiger partial charge in [0, 0.05) is 38.4 Å². The summed E-state index contributed by atoms with van der Waals surface area (Å²) in [4.78, 5) is 32.1. The van der Waals surface area contributed by atoms with E-state index < -0.39 is 0 Å². The second-order valence-electron chi connectivity index (χ2n) is 8.13. The molecule has 0 radical (unpaired) electrons. The lowest BCUT2D eigenvalue weighted by Gasteiger charge is -2.23. The highest BCUT2D eigenvalue weighted by Crippen LogP contribution is 2.30. The molecule has 1 N–H and O–H groups in total. The van der Waals surface area contributed by atoms with Crippen molar-refractivity contribution in [1.82, 2.24) is 29.1 Å². The quantitative estimate of drug-likeness (QED) is 0.484. The lowest BCUT2D eigenvalue weighted by molar-refractivity contribution is 0.0697. The molecule has 170 valence electrons. The number of halogens is 1. The highest BCUT2D eigenvalue weighted by Gasteiger charge is 2.26. The molecular formula is C23H24FN7O2. The van der Waals surface area contributed by atoms with Crippen LogP contribution in [0.5, 0.6) is 0 Å². The van der Waals surface area contributed by atoms with Crippen LogP contribution in [-0.4, -0.2) is 55.4 Å². The molecule has 0 saturated carbocycles. The van der Waals surface area contributed by atoms with Gasteiger partial charge in [0.1, 0.15) is 17.7 Å². The minimum Gasteiger partial charge on any atom is -0.381 e. The first-order valence-corrected chi connectivity index (χ1v) is 11.0. The summed E-state index contributed by atoms with van der Waals surface area (Å²) >= 11 is 0. The van der Waals surface area contributed by atoms with E-state index in [2.05, 4.69) is 27.7 Å². The predicted octanol–water partition coefficient (Wildman–Crippen LogP) is 2.80. The number of anilines is 1. The molecule has 1 aromatic carbocycles. The fourth-order valence-electron chi connectivity index (χ4n) is 4.66. The molecule has 10 heteroatoms. The van der Waals surface area contributed by atoms with E-state index in [1.165, 1.54) is 12.1 Å². The number of H-pyrrole nitrogens is 1. The van der Waals surface area contributed by atoms with Gasteiger partial charge in [0.25, 0.3) is 0 Å². The molecule has 6 rings (SSSR count). The Bertz CT molecular complexity index is 1370. The molecule has 3 aromatic heterocycles. The molecule has 2 saturated heterocycles. The van der Waals surface area contributed by atoms with Gasteiger partial charge in [-0.25, -0.2) is 14.2 Å². The van der Waals surface area contributed by atoms with E-state index in [4.69, 9.17) is 14.7 Å². The fourth-order valence-corrected chi connectivity index (χ4v) is 4.66. The Kier molecular flexibility index (Phi) is 5.56. The Morgan fingerprint density at radius 2 is 1.88 bits per heavy atom. The predicted molar refractivity (Wildman–Crippen MR) is 123 cm³/mol. The van der Waals surface area contributed by atoms with Gasteiger partial charge in [-0.2, -0.15) is 9.97 Å². The van der Waals surface area contributed by atoms with Crippen LogP contribution in [0.3, 0.4) is 0 Å². The van der Waals surface area contributed by atoms with E-state index in [1.54, 1.807) is 21.5 Å². The number of terminal acetylenes is 1. The summed E-state index contributed by atoms with van der Waals surface area (Å²) in [6.07, 6.45) is 13.3. The zero-order valence-corrected chi connectivity index (χ0v) is 18.1. The van der Waals surface area contributed by atoms with Crippen LogP contribution in [0.4, 0.5) is 10.2 Å². The Labute approximate surface area is 189 Å². The molecule has 0 atom stereocenters. The van der Waals surface area contributed by atoms with Crippen LogP contribution < -0.4 is 10.6 Å². The molecule has 33 heavy (non-hydrogen) atoms. The molecule has 0 aliphatic carbocycles. The third-order valence-corrected chi connectivity index (χ3v) is 6.22. The van der Waals surface area contributed by atoms with Crippen molar-refractivity contribution >= 4 is 28.0 Å². The van der Waals surface area contributed by atoms with Crippen molar-refractivity contribution < 1.29 is 9.13 Å². The molecule has 4 aromatic rings. The molecule has 0 unspecified atom stereocenters. The summed E-state index contributed by atoms with van der Waals surface area (Å²) in [6.45, 7) is 2.98. The van der Waals surface area contributed by atoms with Crippen LogP contribution in [0.25, 0.3) is 28.1 Å². The summed E-state index contributed by atoms with van der Waals surface area (Å²) < 4.78 is 22.9. The third-order valence-electron chi connectivity index (χ3n) is 6.22. The normalized spacial score (nSPS) is 16.9. The average molecular weight is 449 g/mol. The molecule has 2 fully saturated rings. The summed E-state index contributed by atoms with van der Waals surface area (Å²) in [5, 5.41) is 0. The second-order valence-corrected chi connectivity index (χ2v) is 8.13. The Morgan fingerprint density at radius 1 is 1.12 bits per heavy atom. The number of hydrogen-bond acceptors (Lipinski definition) is 6. The Morgan fingerprint density at radius 3 is 2.64 bits per heavy atom. The van der Waals surface area contributed by atoms with Gasteiger partial charge >= 0.3 is 5.69 Å². The minimum absolute atomic E-state index is 0.0150. The molecular weight excluding hydrogens is 425 g/mol. The number of nitrogens with one attached hydrogen (secondary N) is 1. The van der Waals surface area contributed by atoms with Gasteiger partial charge in [0.05, 0.1) is 11.0 Å². The number of nitrogens with zero attached hydrogens (tertiary/aromatic N) is 6. The Hall–Kier alpha value is -3.71. The largest absolute Gasteiger partial charge is 0.381 e. The summed E-state index contributed by atoms with van der Waals surface area (Å²) in [5.74, 6) is 0.733. The Balaban J connectivity index is 0.00000111. The van der Waals surface area contributed by atoms with Crippen LogP contribution in [0.15, 0.2) is 29.3 Å². The van der Waals surface area contributed by atoms with E-state index in [0.29, 0.717) is 47.2 Å². The maximum atomic E-state index is 13.9. The number of fused-ring (bicyclic) bond motifs is 2. The number of aromatic amines is 1. The van der Waals surface area contributed by atoms with Crippen LogP contribution in [-0.2, 0) is 4.74 Å². The molecule has 0 bridgehead atoms. The summed E-state index contributed by atoms with van der Waals surface area (Å²) in [5.41, 5.74) is 2.28. The smallest absolute Gasteiger partial charge is 0.328 e. The number of benzene rings is 1. The van der Waals surface area contributed by atoms with E-state index >= 15 is 0 Å². The molecule has 5 heterocycles. The summed E-state index contributed by atoms with van der Waals surface area (Å²) in [6, 6.07) is 4.46. The van der Waals surface area contributed by atoms with Crippen molar-refractivity contribution in [2.75, 3.05) is 31.2 Å². The first kappa shape index (κ1) is 21.2.